The molecule has 5 nitrogen and oxygen atoms in total. The summed E-state index contributed by atoms with van der Waals surface area (Å²) in [4.78, 5) is 29.8. The molecule has 3 fully saturated rings. The molecule has 1 aliphatic carbocycles. The van der Waals surface area contributed by atoms with Gasteiger partial charge >= 0.3 is 0 Å². The number of hydrogen-bond acceptors (Lipinski definition) is 3. The minimum atomic E-state index is 0.00172. The molecule has 0 unspecified atom stereocenters. The number of carbonyl (C=O) groups is 2. The molecule has 1 saturated carbocycles. The SMILES string of the molecule is O=C(Cc1ccccc1)N1CC[C@@]2(CCC[C@@H]2C(=O)N2CCOCC2)C1. The molecule has 4 rings (SSSR count). The zero-order valence-corrected chi connectivity index (χ0v) is 15.4. The molecular weight excluding hydrogens is 328 g/mol. The first-order chi connectivity index (χ1) is 12.7. The van der Waals surface area contributed by atoms with Crippen LogP contribution in [0, 0.1) is 11.3 Å². The van der Waals surface area contributed by atoms with Crippen LogP contribution in [0.3, 0.4) is 0 Å². The highest BCUT2D eigenvalue weighted by Gasteiger charge is 2.52. The van der Waals surface area contributed by atoms with Crippen molar-refractivity contribution in [2.45, 2.75) is 32.1 Å². The van der Waals surface area contributed by atoms with Gasteiger partial charge in [-0.1, -0.05) is 36.8 Å². The molecular formula is C21H28N2O3. The van der Waals surface area contributed by atoms with Crippen LogP contribution in [0.15, 0.2) is 30.3 Å². The average molecular weight is 356 g/mol. The average Bonchev–Trinajstić information content (AvgIpc) is 3.30. The Balaban J connectivity index is 1.42. The molecule has 2 atom stereocenters. The molecule has 1 aromatic carbocycles. The zero-order chi connectivity index (χ0) is 18.0. The van der Waals surface area contributed by atoms with E-state index in [-0.39, 0.29) is 17.2 Å². The van der Waals surface area contributed by atoms with Gasteiger partial charge in [0.1, 0.15) is 0 Å². The number of hydrogen-bond donors (Lipinski definition) is 0. The highest BCUT2D eigenvalue weighted by atomic mass is 16.5. The van der Waals surface area contributed by atoms with Crippen molar-refractivity contribution < 1.29 is 14.3 Å². The third-order valence-corrected chi connectivity index (χ3v) is 6.46. The molecule has 26 heavy (non-hydrogen) atoms. The molecule has 140 valence electrons. The van der Waals surface area contributed by atoms with Gasteiger partial charge in [-0.3, -0.25) is 9.59 Å². The molecule has 3 aliphatic rings. The van der Waals surface area contributed by atoms with Crippen LogP contribution in [-0.2, 0) is 20.7 Å². The number of benzene rings is 1. The van der Waals surface area contributed by atoms with E-state index >= 15 is 0 Å². The second-order valence-electron chi connectivity index (χ2n) is 7.97. The van der Waals surface area contributed by atoms with Crippen molar-refractivity contribution in [1.82, 2.24) is 9.80 Å². The van der Waals surface area contributed by atoms with E-state index in [1.807, 2.05) is 40.1 Å². The Labute approximate surface area is 155 Å². The summed E-state index contributed by atoms with van der Waals surface area (Å²) in [5, 5.41) is 0. The fourth-order valence-electron chi connectivity index (χ4n) is 5.01. The van der Waals surface area contributed by atoms with Crippen LogP contribution in [0.25, 0.3) is 0 Å². The Morgan fingerprint density at radius 3 is 2.58 bits per heavy atom. The quantitative estimate of drug-likeness (QED) is 0.833. The van der Waals surface area contributed by atoms with Crippen LogP contribution < -0.4 is 0 Å². The van der Waals surface area contributed by atoms with Crippen molar-refractivity contribution in [2.75, 3.05) is 39.4 Å². The van der Waals surface area contributed by atoms with Crippen LogP contribution >= 0.6 is 0 Å². The van der Waals surface area contributed by atoms with Gasteiger partial charge < -0.3 is 14.5 Å². The lowest BCUT2D eigenvalue weighted by Gasteiger charge is -2.36. The first-order valence-electron chi connectivity index (χ1n) is 9.86. The van der Waals surface area contributed by atoms with Gasteiger partial charge in [-0.15, -0.1) is 0 Å². The van der Waals surface area contributed by atoms with Crippen molar-refractivity contribution >= 4 is 11.8 Å². The van der Waals surface area contributed by atoms with E-state index in [1.54, 1.807) is 0 Å². The standard InChI is InChI=1S/C21H28N2O3/c24-19(15-17-5-2-1-3-6-17)23-10-9-21(16-23)8-4-7-18(21)20(25)22-11-13-26-14-12-22/h1-3,5-6,18H,4,7-16H2/t18-,21+/m1/s1. The van der Waals surface area contributed by atoms with Crippen molar-refractivity contribution in [3.63, 3.8) is 0 Å². The first kappa shape index (κ1) is 17.5. The number of morpholine rings is 1. The van der Waals surface area contributed by atoms with Crippen LogP contribution in [0.2, 0.25) is 0 Å². The van der Waals surface area contributed by atoms with Crippen molar-refractivity contribution in [3.05, 3.63) is 35.9 Å². The summed E-state index contributed by atoms with van der Waals surface area (Å²) in [7, 11) is 0. The maximum atomic E-state index is 13.1. The Morgan fingerprint density at radius 1 is 1.04 bits per heavy atom. The molecule has 2 heterocycles. The van der Waals surface area contributed by atoms with Crippen molar-refractivity contribution in [3.8, 4) is 0 Å². The summed E-state index contributed by atoms with van der Waals surface area (Å²) in [5.74, 6) is 0.566. The Hall–Kier alpha value is -1.88. The van der Waals surface area contributed by atoms with Crippen LogP contribution in [-0.4, -0.2) is 61.0 Å². The van der Waals surface area contributed by atoms with E-state index in [9.17, 15) is 9.59 Å². The molecule has 0 bridgehead atoms. The molecule has 2 saturated heterocycles. The van der Waals surface area contributed by atoms with E-state index in [1.165, 1.54) is 0 Å². The van der Waals surface area contributed by atoms with E-state index in [0.717, 1.165) is 44.3 Å². The number of nitrogens with zero attached hydrogens (tertiary/aromatic N) is 2. The number of rotatable bonds is 3. The van der Waals surface area contributed by atoms with E-state index in [0.29, 0.717) is 38.6 Å². The lowest BCUT2D eigenvalue weighted by atomic mass is 9.76. The first-order valence-corrected chi connectivity index (χ1v) is 9.86. The van der Waals surface area contributed by atoms with Crippen LogP contribution in [0.1, 0.15) is 31.2 Å². The number of amides is 2. The highest BCUT2D eigenvalue weighted by molar-refractivity contribution is 5.82. The topological polar surface area (TPSA) is 49.9 Å². The second-order valence-corrected chi connectivity index (χ2v) is 7.97. The van der Waals surface area contributed by atoms with E-state index < -0.39 is 0 Å². The smallest absolute Gasteiger partial charge is 0.227 e. The fourth-order valence-corrected chi connectivity index (χ4v) is 5.01. The zero-order valence-electron chi connectivity index (χ0n) is 15.4. The Kier molecular flexibility index (Phi) is 4.98. The van der Waals surface area contributed by atoms with Gasteiger partial charge in [0.2, 0.25) is 11.8 Å². The third kappa shape index (κ3) is 3.37. The summed E-state index contributed by atoms with van der Waals surface area (Å²) in [6.07, 6.45) is 4.56. The van der Waals surface area contributed by atoms with Gasteiger partial charge in [-0.05, 0) is 24.8 Å². The Bertz CT molecular complexity index is 656. The third-order valence-electron chi connectivity index (χ3n) is 6.46. The van der Waals surface area contributed by atoms with Gasteiger partial charge in [-0.25, -0.2) is 0 Å². The molecule has 0 aromatic heterocycles. The molecule has 0 N–H and O–H groups in total. The molecule has 2 amide bonds. The van der Waals surface area contributed by atoms with Gasteiger partial charge in [0.15, 0.2) is 0 Å². The molecule has 5 heteroatoms. The summed E-state index contributed by atoms with van der Waals surface area (Å²) in [6, 6.07) is 9.93. The number of ether oxygens (including phenoxy) is 1. The normalized spacial score (nSPS) is 28.7. The molecule has 2 aliphatic heterocycles. The maximum Gasteiger partial charge on any atom is 0.227 e. The summed E-state index contributed by atoms with van der Waals surface area (Å²) in [5.41, 5.74) is 1.06. The predicted molar refractivity (Wildman–Crippen MR) is 98.5 cm³/mol. The lowest BCUT2D eigenvalue weighted by Crippen LogP contribution is -2.47. The maximum absolute atomic E-state index is 13.1. The molecule has 1 aromatic rings. The summed E-state index contributed by atoms with van der Waals surface area (Å²) < 4.78 is 5.39. The minimum absolute atomic E-state index is 0.00172. The molecule has 1 spiro atoms. The monoisotopic (exact) mass is 356 g/mol. The van der Waals surface area contributed by atoms with E-state index in [4.69, 9.17) is 4.74 Å². The molecule has 0 radical (unpaired) electrons. The van der Waals surface area contributed by atoms with Crippen LogP contribution in [0.4, 0.5) is 0 Å². The largest absolute Gasteiger partial charge is 0.378 e. The minimum Gasteiger partial charge on any atom is -0.378 e. The highest BCUT2D eigenvalue weighted by Crippen LogP contribution is 2.50. The van der Waals surface area contributed by atoms with E-state index in [2.05, 4.69) is 0 Å². The van der Waals surface area contributed by atoms with Gasteiger partial charge in [-0.2, -0.15) is 0 Å². The second kappa shape index (κ2) is 7.39. The van der Waals surface area contributed by atoms with Gasteiger partial charge in [0.05, 0.1) is 19.6 Å². The summed E-state index contributed by atoms with van der Waals surface area (Å²) in [6.45, 7) is 4.25. The fraction of sp³-hybridized carbons (Fsp3) is 0.619. The van der Waals surface area contributed by atoms with Crippen molar-refractivity contribution in [2.24, 2.45) is 11.3 Å². The van der Waals surface area contributed by atoms with Gasteiger partial charge in [0, 0.05) is 37.5 Å². The van der Waals surface area contributed by atoms with Crippen LogP contribution in [0.5, 0.6) is 0 Å². The van der Waals surface area contributed by atoms with Gasteiger partial charge in [0.25, 0.3) is 0 Å². The van der Waals surface area contributed by atoms with Crippen molar-refractivity contribution in [1.29, 1.82) is 0 Å². The number of carbonyl (C=O) groups excluding carboxylic acids is 2. The number of likely N-dealkylation sites (tertiary alicyclic amines) is 1. The Morgan fingerprint density at radius 2 is 1.81 bits per heavy atom. The lowest BCUT2D eigenvalue weighted by molar-refractivity contribution is -0.143. The summed E-state index contributed by atoms with van der Waals surface area (Å²) >= 11 is 0. The predicted octanol–water partition coefficient (Wildman–Crippen LogP) is 2.11.